The maximum atomic E-state index is 13.4. The van der Waals surface area contributed by atoms with E-state index in [-0.39, 0.29) is 26.7 Å². The Morgan fingerprint density at radius 3 is 2.12 bits per heavy atom. The van der Waals surface area contributed by atoms with Crippen LogP contribution < -0.4 is 9.62 Å². The van der Waals surface area contributed by atoms with Gasteiger partial charge in [0.25, 0.3) is 10.0 Å². The number of hydrogen-bond donors (Lipinski definition) is 1. The lowest BCUT2D eigenvalue weighted by Gasteiger charge is -2.26. The van der Waals surface area contributed by atoms with Crippen molar-refractivity contribution in [2.45, 2.75) is 31.2 Å². The molecule has 0 aliphatic rings. The van der Waals surface area contributed by atoms with E-state index in [0.29, 0.717) is 6.42 Å². The van der Waals surface area contributed by atoms with Crippen LogP contribution in [0, 0.1) is 6.92 Å². The van der Waals surface area contributed by atoms with Crippen molar-refractivity contribution in [2.75, 3.05) is 10.8 Å². The Hall–Kier alpha value is -2.54. The number of benzene rings is 3. The van der Waals surface area contributed by atoms with Crippen LogP contribution in [0.2, 0.25) is 10.0 Å². The summed E-state index contributed by atoms with van der Waals surface area (Å²) in [6.07, 6.45) is 0.656. The number of amides is 1. The van der Waals surface area contributed by atoms with Crippen molar-refractivity contribution in [1.82, 2.24) is 5.32 Å². The van der Waals surface area contributed by atoms with Gasteiger partial charge in [0.15, 0.2) is 0 Å². The monoisotopic (exact) mass is 490 g/mol. The molecule has 0 spiro atoms. The Balaban J connectivity index is 1.93. The van der Waals surface area contributed by atoms with Gasteiger partial charge in [0.05, 0.1) is 16.6 Å². The fourth-order valence-electron chi connectivity index (χ4n) is 3.31. The molecule has 1 atom stereocenters. The third-order valence-electron chi connectivity index (χ3n) is 4.98. The lowest BCUT2D eigenvalue weighted by atomic mass is 10.0. The van der Waals surface area contributed by atoms with E-state index >= 15 is 0 Å². The molecule has 5 nitrogen and oxygen atoms in total. The molecule has 0 unspecified atom stereocenters. The van der Waals surface area contributed by atoms with E-state index in [1.807, 2.05) is 38.1 Å². The molecule has 0 bridgehead atoms. The second-order valence-corrected chi connectivity index (χ2v) is 10.1. The smallest absolute Gasteiger partial charge is 0.264 e. The van der Waals surface area contributed by atoms with Gasteiger partial charge >= 0.3 is 0 Å². The first-order valence-corrected chi connectivity index (χ1v) is 12.3. The molecule has 0 radical (unpaired) electrons. The number of aryl methyl sites for hydroxylation is 1. The number of sulfonamides is 1. The number of hydrogen-bond acceptors (Lipinski definition) is 3. The molecule has 0 aliphatic carbocycles. The Morgan fingerprint density at radius 1 is 0.969 bits per heavy atom. The molecule has 3 aromatic carbocycles. The minimum Gasteiger partial charge on any atom is -0.348 e. The topological polar surface area (TPSA) is 66.5 Å². The van der Waals surface area contributed by atoms with E-state index in [2.05, 4.69) is 5.32 Å². The fourth-order valence-corrected chi connectivity index (χ4v) is 5.25. The van der Waals surface area contributed by atoms with Crippen LogP contribution in [-0.2, 0) is 14.8 Å². The molecule has 0 fully saturated rings. The van der Waals surface area contributed by atoms with E-state index in [1.165, 1.54) is 30.3 Å². The van der Waals surface area contributed by atoms with Crippen LogP contribution in [-0.4, -0.2) is 20.9 Å². The second kappa shape index (κ2) is 10.4. The lowest BCUT2D eigenvalue weighted by Crippen LogP contribution is -2.42. The summed E-state index contributed by atoms with van der Waals surface area (Å²) in [5.74, 6) is -0.437. The summed E-state index contributed by atoms with van der Waals surface area (Å²) in [5.41, 5.74) is 2.28. The quantitative estimate of drug-likeness (QED) is 0.436. The second-order valence-electron chi connectivity index (χ2n) is 7.39. The van der Waals surface area contributed by atoms with Crippen LogP contribution in [0.25, 0.3) is 0 Å². The van der Waals surface area contributed by atoms with Crippen molar-refractivity contribution < 1.29 is 13.2 Å². The SMILES string of the molecule is CC[C@@H](NC(=O)CN(c1cc(Cl)cc(Cl)c1)S(=O)(=O)c1ccccc1)c1ccc(C)cc1. The first kappa shape index (κ1) is 24.1. The van der Waals surface area contributed by atoms with Gasteiger partial charge in [-0.15, -0.1) is 0 Å². The number of carbonyl (C=O) groups excluding carboxylic acids is 1. The predicted molar refractivity (Wildman–Crippen MR) is 130 cm³/mol. The van der Waals surface area contributed by atoms with E-state index in [0.717, 1.165) is 15.4 Å². The van der Waals surface area contributed by atoms with Crippen LogP contribution in [0.15, 0.2) is 77.7 Å². The molecule has 1 amide bonds. The first-order chi connectivity index (χ1) is 15.2. The number of nitrogens with one attached hydrogen (secondary N) is 1. The van der Waals surface area contributed by atoms with Gasteiger partial charge in [-0.05, 0) is 49.2 Å². The molecule has 0 aliphatic heterocycles. The highest BCUT2D eigenvalue weighted by Gasteiger charge is 2.28. The van der Waals surface area contributed by atoms with Crippen molar-refractivity contribution in [2.24, 2.45) is 0 Å². The third kappa shape index (κ3) is 5.82. The normalized spacial score (nSPS) is 12.2. The van der Waals surface area contributed by atoms with Crippen LogP contribution in [0.3, 0.4) is 0 Å². The highest BCUT2D eigenvalue weighted by molar-refractivity contribution is 7.92. The molecule has 1 N–H and O–H groups in total. The van der Waals surface area contributed by atoms with Crippen LogP contribution in [0.4, 0.5) is 5.69 Å². The Bertz CT molecular complexity index is 1160. The standard InChI is InChI=1S/C24H24Cl2N2O3S/c1-3-23(18-11-9-17(2)10-12-18)27-24(29)16-28(21-14-19(25)13-20(26)15-21)32(30,31)22-7-5-4-6-8-22/h4-15,23H,3,16H2,1-2H3,(H,27,29)/t23-/m1/s1. The first-order valence-electron chi connectivity index (χ1n) is 10.1. The number of rotatable bonds is 8. The Labute approximate surface area is 199 Å². The molecule has 32 heavy (non-hydrogen) atoms. The molecule has 0 saturated carbocycles. The van der Waals surface area contributed by atoms with Gasteiger partial charge in [0, 0.05) is 10.0 Å². The molecule has 0 saturated heterocycles. The zero-order valence-electron chi connectivity index (χ0n) is 17.8. The van der Waals surface area contributed by atoms with Crippen molar-refractivity contribution in [3.05, 3.63) is 94.0 Å². The molecule has 8 heteroatoms. The summed E-state index contributed by atoms with van der Waals surface area (Å²) in [7, 11) is -4.04. The largest absolute Gasteiger partial charge is 0.348 e. The summed E-state index contributed by atoms with van der Waals surface area (Å²) in [6, 6.07) is 20.0. The highest BCUT2D eigenvalue weighted by Crippen LogP contribution is 2.29. The van der Waals surface area contributed by atoms with E-state index < -0.39 is 22.5 Å². The molecule has 0 aromatic heterocycles. The molecule has 168 valence electrons. The zero-order chi connectivity index (χ0) is 23.3. The van der Waals surface area contributed by atoms with Gasteiger partial charge in [-0.2, -0.15) is 0 Å². The maximum absolute atomic E-state index is 13.4. The summed E-state index contributed by atoms with van der Waals surface area (Å²) in [5, 5.41) is 3.49. The van der Waals surface area contributed by atoms with Crippen molar-refractivity contribution in [3.63, 3.8) is 0 Å². The molecular weight excluding hydrogens is 467 g/mol. The fraction of sp³-hybridized carbons (Fsp3) is 0.208. The van der Waals surface area contributed by atoms with Gasteiger partial charge in [0.2, 0.25) is 5.91 Å². The number of nitrogens with zero attached hydrogens (tertiary/aromatic N) is 1. The van der Waals surface area contributed by atoms with Gasteiger partial charge in [-0.25, -0.2) is 8.42 Å². The van der Waals surface area contributed by atoms with E-state index in [9.17, 15) is 13.2 Å². The van der Waals surface area contributed by atoms with Crippen LogP contribution in [0.5, 0.6) is 0 Å². The van der Waals surface area contributed by atoms with E-state index in [4.69, 9.17) is 23.2 Å². The summed E-state index contributed by atoms with van der Waals surface area (Å²) >= 11 is 12.2. The molecule has 3 aromatic rings. The minimum absolute atomic E-state index is 0.0643. The van der Waals surface area contributed by atoms with Crippen LogP contribution in [0.1, 0.15) is 30.5 Å². The Kier molecular flexibility index (Phi) is 7.82. The van der Waals surface area contributed by atoms with Gasteiger partial charge in [-0.3, -0.25) is 9.10 Å². The van der Waals surface area contributed by atoms with Crippen LogP contribution >= 0.6 is 23.2 Å². The van der Waals surface area contributed by atoms with Gasteiger partial charge in [0.1, 0.15) is 6.54 Å². The summed E-state index contributed by atoms with van der Waals surface area (Å²) < 4.78 is 27.9. The van der Waals surface area contributed by atoms with Gasteiger partial charge < -0.3 is 5.32 Å². The minimum atomic E-state index is -4.04. The predicted octanol–water partition coefficient (Wildman–Crippen LogP) is 5.76. The van der Waals surface area contributed by atoms with Crippen molar-refractivity contribution in [3.8, 4) is 0 Å². The third-order valence-corrected chi connectivity index (χ3v) is 7.20. The number of anilines is 1. The number of carbonyl (C=O) groups is 1. The molecule has 0 heterocycles. The Morgan fingerprint density at radius 2 is 1.56 bits per heavy atom. The van der Waals surface area contributed by atoms with E-state index in [1.54, 1.807) is 18.2 Å². The average molecular weight is 491 g/mol. The van der Waals surface area contributed by atoms with Crippen molar-refractivity contribution >= 4 is 44.8 Å². The highest BCUT2D eigenvalue weighted by atomic mass is 35.5. The zero-order valence-corrected chi connectivity index (χ0v) is 20.1. The lowest BCUT2D eigenvalue weighted by molar-refractivity contribution is -0.120. The average Bonchev–Trinajstić information content (AvgIpc) is 2.76. The maximum Gasteiger partial charge on any atom is 0.264 e. The van der Waals surface area contributed by atoms with Gasteiger partial charge in [-0.1, -0.05) is 78.2 Å². The molecular formula is C24H24Cl2N2O3S. The summed E-state index contributed by atoms with van der Waals surface area (Å²) in [6.45, 7) is 3.53. The number of halogens is 2. The molecule has 3 rings (SSSR count). The van der Waals surface area contributed by atoms with Crippen molar-refractivity contribution in [1.29, 1.82) is 0 Å². The summed E-state index contributed by atoms with van der Waals surface area (Å²) in [4.78, 5) is 13.1.